The van der Waals surface area contributed by atoms with E-state index < -0.39 is 6.09 Å². The highest BCUT2D eigenvalue weighted by atomic mass is 16.5. The highest BCUT2D eigenvalue weighted by Gasteiger charge is 2.06. The molecule has 0 saturated heterocycles. The van der Waals surface area contributed by atoms with E-state index in [-0.39, 0.29) is 12.1 Å². The van der Waals surface area contributed by atoms with Gasteiger partial charge in [-0.2, -0.15) is 0 Å². The van der Waals surface area contributed by atoms with E-state index in [0.29, 0.717) is 17.8 Å². The maximum atomic E-state index is 11.6. The molecule has 1 atom stereocenters. The summed E-state index contributed by atoms with van der Waals surface area (Å²) in [5, 5.41) is 7.88. The Balaban J connectivity index is 2.51. The maximum absolute atomic E-state index is 11.6. The second-order valence-electron chi connectivity index (χ2n) is 4.10. The summed E-state index contributed by atoms with van der Waals surface area (Å²) >= 11 is 0. The van der Waals surface area contributed by atoms with Crippen molar-refractivity contribution in [3.05, 3.63) is 24.3 Å². The molecule has 0 saturated carbocycles. The SMILES string of the molecule is C#CCC(C)NC(=O)Nc1ccc(NC(=O)OC)cc1. The molecule has 20 heavy (non-hydrogen) atoms. The molecule has 0 spiro atoms. The van der Waals surface area contributed by atoms with Crippen LogP contribution in [0.3, 0.4) is 0 Å². The molecule has 3 amide bonds. The van der Waals surface area contributed by atoms with E-state index in [1.807, 2.05) is 6.92 Å². The van der Waals surface area contributed by atoms with Crippen molar-refractivity contribution in [2.45, 2.75) is 19.4 Å². The quantitative estimate of drug-likeness (QED) is 0.738. The maximum Gasteiger partial charge on any atom is 0.411 e. The van der Waals surface area contributed by atoms with E-state index in [1.165, 1.54) is 7.11 Å². The summed E-state index contributed by atoms with van der Waals surface area (Å²) in [4.78, 5) is 22.6. The molecule has 1 rings (SSSR count). The Morgan fingerprint density at radius 1 is 1.25 bits per heavy atom. The standard InChI is InChI=1S/C14H17N3O3/c1-4-5-10(2)15-13(18)16-11-6-8-12(9-7-11)17-14(19)20-3/h1,6-10H,5H2,2-3H3,(H,17,19)(H2,15,16,18). The zero-order chi connectivity index (χ0) is 15.0. The summed E-state index contributed by atoms with van der Waals surface area (Å²) < 4.78 is 4.47. The Morgan fingerprint density at radius 3 is 2.30 bits per heavy atom. The van der Waals surface area contributed by atoms with Crippen LogP contribution in [-0.2, 0) is 4.74 Å². The average molecular weight is 275 g/mol. The lowest BCUT2D eigenvalue weighted by Gasteiger charge is -2.12. The predicted octanol–water partition coefficient (Wildman–Crippen LogP) is 2.40. The van der Waals surface area contributed by atoms with Crippen molar-refractivity contribution in [3.63, 3.8) is 0 Å². The number of rotatable bonds is 4. The van der Waals surface area contributed by atoms with Crippen LogP contribution in [0.1, 0.15) is 13.3 Å². The van der Waals surface area contributed by atoms with Crippen LogP contribution in [-0.4, -0.2) is 25.3 Å². The number of anilines is 2. The molecule has 6 nitrogen and oxygen atoms in total. The van der Waals surface area contributed by atoms with E-state index in [4.69, 9.17) is 6.42 Å². The third-order valence-electron chi connectivity index (χ3n) is 2.38. The Kier molecular flexibility index (Phi) is 5.91. The largest absolute Gasteiger partial charge is 0.453 e. The van der Waals surface area contributed by atoms with E-state index in [0.717, 1.165) is 0 Å². The first-order chi connectivity index (χ1) is 9.55. The van der Waals surface area contributed by atoms with Gasteiger partial charge in [0.1, 0.15) is 0 Å². The van der Waals surface area contributed by atoms with Crippen molar-refractivity contribution < 1.29 is 14.3 Å². The molecule has 0 bridgehead atoms. The number of hydrogen-bond donors (Lipinski definition) is 3. The highest BCUT2D eigenvalue weighted by molar-refractivity contribution is 5.90. The lowest BCUT2D eigenvalue weighted by Crippen LogP contribution is -2.35. The van der Waals surface area contributed by atoms with Gasteiger partial charge in [-0.1, -0.05) is 0 Å². The molecule has 0 aliphatic rings. The number of carbonyl (C=O) groups excluding carboxylic acids is 2. The van der Waals surface area contributed by atoms with Crippen LogP contribution in [0.2, 0.25) is 0 Å². The number of benzene rings is 1. The lowest BCUT2D eigenvalue weighted by molar-refractivity contribution is 0.187. The minimum absolute atomic E-state index is 0.0970. The Morgan fingerprint density at radius 2 is 1.80 bits per heavy atom. The third-order valence-corrected chi connectivity index (χ3v) is 2.38. The van der Waals surface area contributed by atoms with Crippen molar-refractivity contribution in [3.8, 4) is 12.3 Å². The summed E-state index contributed by atoms with van der Waals surface area (Å²) in [6.45, 7) is 1.82. The zero-order valence-corrected chi connectivity index (χ0v) is 11.4. The van der Waals surface area contributed by atoms with E-state index >= 15 is 0 Å². The van der Waals surface area contributed by atoms with E-state index in [9.17, 15) is 9.59 Å². The van der Waals surface area contributed by atoms with Crippen LogP contribution < -0.4 is 16.0 Å². The topological polar surface area (TPSA) is 79.5 Å². The van der Waals surface area contributed by atoms with Gasteiger partial charge in [-0.15, -0.1) is 12.3 Å². The van der Waals surface area contributed by atoms with Crippen molar-refractivity contribution >= 4 is 23.5 Å². The third kappa shape index (κ3) is 5.31. The monoisotopic (exact) mass is 275 g/mol. The Hall–Kier alpha value is -2.68. The summed E-state index contributed by atoms with van der Waals surface area (Å²) in [6.07, 6.45) is 5.08. The second-order valence-corrected chi connectivity index (χ2v) is 4.10. The van der Waals surface area contributed by atoms with Gasteiger partial charge in [0.15, 0.2) is 0 Å². The number of nitrogens with one attached hydrogen (secondary N) is 3. The molecular formula is C14H17N3O3. The number of carbonyl (C=O) groups is 2. The molecule has 1 aromatic carbocycles. The second kappa shape index (κ2) is 7.69. The van der Waals surface area contributed by atoms with Gasteiger partial charge < -0.3 is 15.4 Å². The van der Waals surface area contributed by atoms with Crippen LogP contribution in [0.4, 0.5) is 21.0 Å². The average Bonchev–Trinajstić information content (AvgIpc) is 2.41. The highest BCUT2D eigenvalue weighted by Crippen LogP contribution is 2.13. The molecule has 0 heterocycles. The van der Waals surface area contributed by atoms with Crippen molar-refractivity contribution in [2.75, 3.05) is 17.7 Å². The van der Waals surface area contributed by atoms with Crippen molar-refractivity contribution in [2.24, 2.45) is 0 Å². The summed E-state index contributed by atoms with van der Waals surface area (Å²) in [6, 6.07) is 6.20. The van der Waals surface area contributed by atoms with Gasteiger partial charge in [-0.25, -0.2) is 9.59 Å². The smallest absolute Gasteiger partial charge is 0.411 e. The molecule has 0 radical (unpaired) electrons. The number of methoxy groups -OCH3 is 1. The summed E-state index contributed by atoms with van der Waals surface area (Å²) in [5.74, 6) is 2.47. The number of terminal acetylenes is 1. The molecule has 1 aromatic rings. The minimum atomic E-state index is -0.549. The molecule has 6 heteroatoms. The number of hydrogen-bond acceptors (Lipinski definition) is 3. The molecule has 3 N–H and O–H groups in total. The molecule has 0 aliphatic carbocycles. The van der Waals surface area contributed by atoms with Gasteiger partial charge in [0.2, 0.25) is 0 Å². The van der Waals surface area contributed by atoms with Gasteiger partial charge in [-0.05, 0) is 31.2 Å². The van der Waals surface area contributed by atoms with Crippen LogP contribution in [0.15, 0.2) is 24.3 Å². The fourth-order valence-electron chi connectivity index (χ4n) is 1.42. The fourth-order valence-corrected chi connectivity index (χ4v) is 1.42. The first-order valence-corrected chi connectivity index (χ1v) is 6.01. The molecule has 0 aromatic heterocycles. The van der Waals surface area contributed by atoms with Gasteiger partial charge in [-0.3, -0.25) is 5.32 Å². The minimum Gasteiger partial charge on any atom is -0.453 e. The fraction of sp³-hybridized carbons (Fsp3) is 0.286. The van der Waals surface area contributed by atoms with Gasteiger partial charge in [0.05, 0.1) is 7.11 Å². The van der Waals surface area contributed by atoms with Crippen LogP contribution >= 0.6 is 0 Å². The molecular weight excluding hydrogens is 258 g/mol. The Bertz CT molecular complexity index is 505. The predicted molar refractivity (Wildman–Crippen MR) is 77.5 cm³/mol. The zero-order valence-electron chi connectivity index (χ0n) is 11.4. The van der Waals surface area contributed by atoms with E-state index in [1.54, 1.807) is 24.3 Å². The van der Waals surface area contributed by atoms with Crippen LogP contribution in [0.5, 0.6) is 0 Å². The summed E-state index contributed by atoms with van der Waals surface area (Å²) in [7, 11) is 1.28. The first-order valence-electron chi connectivity index (χ1n) is 6.01. The number of amides is 3. The number of ether oxygens (including phenoxy) is 1. The van der Waals surface area contributed by atoms with Crippen molar-refractivity contribution in [1.29, 1.82) is 0 Å². The van der Waals surface area contributed by atoms with Gasteiger partial charge in [0.25, 0.3) is 0 Å². The van der Waals surface area contributed by atoms with Crippen molar-refractivity contribution in [1.82, 2.24) is 5.32 Å². The van der Waals surface area contributed by atoms with Gasteiger partial charge >= 0.3 is 12.1 Å². The van der Waals surface area contributed by atoms with Crippen LogP contribution in [0, 0.1) is 12.3 Å². The normalized spacial score (nSPS) is 10.8. The van der Waals surface area contributed by atoms with E-state index in [2.05, 4.69) is 26.6 Å². The molecule has 106 valence electrons. The lowest BCUT2D eigenvalue weighted by atomic mass is 10.2. The van der Waals surface area contributed by atoms with Gasteiger partial charge in [0, 0.05) is 23.8 Å². The molecule has 1 unspecified atom stereocenters. The summed E-state index contributed by atoms with van der Waals surface area (Å²) in [5.41, 5.74) is 1.18. The number of urea groups is 1. The Labute approximate surface area is 117 Å². The first kappa shape index (κ1) is 15.4. The molecule has 0 fully saturated rings. The van der Waals surface area contributed by atoms with Crippen LogP contribution in [0.25, 0.3) is 0 Å². The molecule has 0 aliphatic heterocycles.